The Morgan fingerprint density at radius 2 is 2.14 bits per heavy atom. The van der Waals surface area contributed by atoms with Gasteiger partial charge in [-0.1, -0.05) is 20.8 Å². The van der Waals surface area contributed by atoms with Gasteiger partial charge >= 0.3 is 0 Å². The highest BCUT2D eigenvalue weighted by Gasteiger charge is 2.12. The van der Waals surface area contributed by atoms with Crippen molar-refractivity contribution in [3.63, 3.8) is 0 Å². The van der Waals surface area contributed by atoms with Crippen molar-refractivity contribution in [3.8, 4) is 0 Å². The van der Waals surface area contributed by atoms with Gasteiger partial charge in [-0.05, 0) is 12.5 Å². The van der Waals surface area contributed by atoms with Crippen molar-refractivity contribution < 1.29 is 0 Å². The first-order valence-corrected chi connectivity index (χ1v) is 5.22. The quantitative estimate of drug-likeness (QED) is 0.772. The summed E-state index contributed by atoms with van der Waals surface area (Å²) in [5.41, 5.74) is 1.06. The summed E-state index contributed by atoms with van der Waals surface area (Å²) in [5.74, 6) is 0.622. The maximum atomic E-state index is 4.28. The summed E-state index contributed by atoms with van der Waals surface area (Å²) in [6, 6.07) is 0.497. The Kier molecular flexibility index (Phi) is 4.53. The van der Waals surface area contributed by atoms with E-state index in [0.717, 1.165) is 18.7 Å². The Morgan fingerprint density at radius 1 is 1.36 bits per heavy atom. The van der Waals surface area contributed by atoms with Crippen LogP contribution in [0, 0.1) is 5.92 Å². The zero-order chi connectivity index (χ0) is 10.4. The third-order valence-corrected chi connectivity index (χ3v) is 2.32. The Bertz CT molecular complexity index is 246. The number of nitrogens with zero attached hydrogens (tertiary/aromatic N) is 2. The van der Waals surface area contributed by atoms with E-state index >= 15 is 0 Å². The molecule has 1 N–H and O–H groups in total. The molecule has 0 bridgehead atoms. The topological polar surface area (TPSA) is 37.8 Å². The van der Waals surface area contributed by atoms with Crippen molar-refractivity contribution in [1.82, 2.24) is 15.3 Å². The lowest BCUT2D eigenvalue weighted by molar-refractivity contribution is 0.402. The van der Waals surface area contributed by atoms with Crippen molar-refractivity contribution in [3.05, 3.63) is 24.3 Å². The van der Waals surface area contributed by atoms with Gasteiger partial charge in [-0.2, -0.15) is 0 Å². The lowest BCUT2D eigenvalue weighted by atomic mass is 9.99. The molecule has 0 saturated carbocycles. The molecular formula is C11H19N3. The van der Waals surface area contributed by atoms with Gasteiger partial charge in [0, 0.05) is 31.1 Å². The number of hydrogen-bond donors (Lipinski definition) is 1. The van der Waals surface area contributed by atoms with E-state index in [1.807, 2.05) is 6.20 Å². The lowest BCUT2D eigenvalue weighted by Crippen LogP contribution is -2.35. The van der Waals surface area contributed by atoms with Crippen LogP contribution in [0.3, 0.4) is 0 Å². The van der Waals surface area contributed by atoms with Gasteiger partial charge in [-0.25, -0.2) is 0 Å². The normalized spacial score (nSPS) is 13.1. The molecule has 3 heteroatoms. The van der Waals surface area contributed by atoms with Gasteiger partial charge in [0.1, 0.15) is 0 Å². The first-order chi connectivity index (χ1) is 6.74. The number of likely N-dealkylation sites (N-methyl/N-ethyl adjacent to an activating group) is 1. The second kappa shape index (κ2) is 5.70. The van der Waals surface area contributed by atoms with E-state index in [-0.39, 0.29) is 0 Å². The highest BCUT2D eigenvalue weighted by atomic mass is 14.9. The first kappa shape index (κ1) is 11.1. The van der Waals surface area contributed by atoms with E-state index in [1.54, 1.807) is 12.4 Å². The lowest BCUT2D eigenvalue weighted by Gasteiger charge is -2.20. The second-order valence-electron chi connectivity index (χ2n) is 3.81. The van der Waals surface area contributed by atoms with Crippen LogP contribution in [-0.4, -0.2) is 22.6 Å². The van der Waals surface area contributed by atoms with E-state index in [0.29, 0.717) is 12.0 Å². The molecule has 0 spiro atoms. The van der Waals surface area contributed by atoms with Crippen LogP contribution in [0.2, 0.25) is 0 Å². The SMILES string of the molecule is CCNC(Cc1cnccn1)C(C)C. The molecule has 0 aliphatic rings. The molecule has 1 aromatic heterocycles. The molecule has 1 atom stereocenters. The molecule has 0 amide bonds. The summed E-state index contributed by atoms with van der Waals surface area (Å²) in [7, 11) is 0. The summed E-state index contributed by atoms with van der Waals surface area (Å²) in [5, 5.41) is 3.46. The average molecular weight is 193 g/mol. The molecular weight excluding hydrogens is 174 g/mol. The molecule has 0 aliphatic carbocycles. The smallest absolute Gasteiger partial charge is 0.0602 e. The third-order valence-electron chi connectivity index (χ3n) is 2.32. The molecule has 0 aliphatic heterocycles. The number of aromatic nitrogens is 2. The molecule has 0 fully saturated rings. The average Bonchev–Trinajstić information content (AvgIpc) is 2.18. The molecule has 0 radical (unpaired) electrons. The number of nitrogens with one attached hydrogen (secondary N) is 1. The van der Waals surface area contributed by atoms with Gasteiger partial charge in [0.15, 0.2) is 0 Å². The van der Waals surface area contributed by atoms with Gasteiger partial charge in [-0.15, -0.1) is 0 Å². The molecule has 3 nitrogen and oxygen atoms in total. The summed E-state index contributed by atoms with van der Waals surface area (Å²) < 4.78 is 0. The largest absolute Gasteiger partial charge is 0.314 e. The van der Waals surface area contributed by atoms with E-state index in [1.165, 1.54) is 0 Å². The number of rotatable bonds is 5. The molecule has 1 unspecified atom stereocenters. The van der Waals surface area contributed by atoms with E-state index in [4.69, 9.17) is 0 Å². The van der Waals surface area contributed by atoms with Crippen LogP contribution in [0.4, 0.5) is 0 Å². The maximum Gasteiger partial charge on any atom is 0.0602 e. The van der Waals surface area contributed by atoms with Crippen LogP contribution in [0.25, 0.3) is 0 Å². The fraction of sp³-hybridized carbons (Fsp3) is 0.636. The summed E-state index contributed by atoms with van der Waals surface area (Å²) >= 11 is 0. The minimum absolute atomic E-state index is 0.497. The molecule has 14 heavy (non-hydrogen) atoms. The molecule has 1 aromatic rings. The highest BCUT2D eigenvalue weighted by molar-refractivity contribution is 4.98. The van der Waals surface area contributed by atoms with E-state index in [9.17, 15) is 0 Å². The van der Waals surface area contributed by atoms with Gasteiger partial charge in [0.25, 0.3) is 0 Å². The fourth-order valence-corrected chi connectivity index (χ4v) is 1.47. The van der Waals surface area contributed by atoms with Crippen LogP contribution in [0.5, 0.6) is 0 Å². The standard InChI is InChI=1S/C11H19N3/c1-4-13-11(9(2)3)7-10-8-12-5-6-14-10/h5-6,8-9,11,13H,4,7H2,1-3H3. The summed E-state index contributed by atoms with van der Waals surface area (Å²) in [6.45, 7) is 7.59. The van der Waals surface area contributed by atoms with Gasteiger partial charge in [0.2, 0.25) is 0 Å². The van der Waals surface area contributed by atoms with E-state index < -0.39 is 0 Å². The summed E-state index contributed by atoms with van der Waals surface area (Å²) in [4.78, 5) is 8.35. The third kappa shape index (κ3) is 3.42. The highest BCUT2D eigenvalue weighted by Crippen LogP contribution is 2.07. The zero-order valence-corrected chi connectivity index (χ0v) is 9.20. The summed E-state index contributed by atoms with van der Waals surface area (Å²) in [6.07, 6.45) is 6.26. The minimum Gasteiger partial charge on any atom is -0.314 e. The van der Waals surface area contributed by atoms with Gasteiger partial charge in [-0.3, -0.25) is 9.97 Å². The van der Waals surface area contributed by atoms with Crippen LogP contribution < -0.4 is 5.32 Å². The van der Waals surface area contributed by atoms with Crippen molar-refractivity contribution in [2.24, 2.45) is 5.92 Å². The molecule has 1 rings (SSSR count). The van der Waals surface area contributed by atoms with Crippen molar-refractivity contribution >= 4 is 0 Å². The van der Waals surface area contributed by atoms with E-state index in [2.05, 4.69) is 36.1 Å². The van der Waals surface area contributed by atoms with Crippen LogP contribution in [0.15, 0.2) is 18.6 Å². The van der Waals surface area contributed by atoms with Crippen molar-refractivity contribution in [1.29, 1.82) is 0 Å². The minimum atomic E-state index is 0.497. The van der Waals surface area contributed by atoms with Gasteiger partial charge < -0.3 is 5.32 Å². The second-order valence-corrected chi connectivity index (χ2v) is 3.81. The molecule has 78 valence electrons. The molecule has 0 aromatic carbocycles. The Morgan fingerprint density at radius 3 is 2.64 bits per heavy atom. The van der Waals surface area contributed by atoms with Crippen LogP contribution in [0.1, 0.15) is 26.5 Å². The predicted molar refractivity (Wildman–Crippen MR) is 58.0 cm³/mol. The Hall–Kier alpha value is -0.960. The predicted octanol–water partition coefficient (Wildman–Crippen LogP) is 1.65. The Balaban J connectivity index is 2.55. The maximum absolute atomic E-state index is 4.28. The number of hydrogen-bond acceptors (Lipinski definition) is 3. The molecule has 1 heterocycles. The van der Waals surface area contributed by atoms with Crippen LogP contribution in [-0.2, 0) is 6.42 Å². The zero-order valence-electron chi connectivity index (χ0n) is 9.20. The monoisotopic (exact) mass is 193 g/mol. The molecule has 0 saturated heterocycles. The fourth-order valence-electron chi connectivity index (χ4n) is 1.47. The first-order valence-electron chi connectivity index (χ1n) is 5.22. The van der Waals surface area contributed by atoms with Crippen LogP contribution >= 0.6 is 0 Å². The van der Waals surface area contributed by atoms with Crippen molar-refractivity contribution in [2.45, 2.75) is 33.2 Å². The van der Waals surface area contributed by atoms with Crippen molar-refractivity contribution in [2.75, 3.05) is 6.54 Å². The Labute approximate surface area is 86.0 Å². The van der Waals surface area contributed by atoms with Gasteiger partial charge in [0.05, 0.1) is 5.69 Å².